The zero-order valence-corrected chi connectivity index (χ0v) is 10.4. The molecular formula is C11H15ClN2S. The van der Waals surface area contributed by atoms with Gasteiger partial charge in [0.25, 0.3) is 0 Å². The highest BCUT2D eigenvalue weighted by Crippen LogP contribution is 2.19. The zero-order valence-electron chi connectivity index (χ0n) is 8.82. The van der Waals surface area contributed by atoms with Crippen LogP contribution < -0.4 is 0 Å². The Balaban J connectivity index is 1.96. The molecule has 1 unspecified atom stereocenters. The second kappa shape index (κ2) is 5.19. The Morgan fingerprint density at radius 1 is 1.67 bits per heavy atom. The summed E-state index contributed by atoms with van der Waals surface area (Å²) in [6.07, 6.45) is 1.78. The van der Waals surface area contributed by atoms with E-state index in [1.54, 1.807) is 6.20 Å². The van der Waals surface area contributed by atoms with Crippen molar-refractivity contribution in [2.24, 2.45) is 0 Å². The maximum atomic E-state index is 5.93. The van der Waals surface area contributed by atoms with E-state index in [0.29, 0.717) is 0 Å². The number of hydrogen-bond donors (Lipinski definition) is 0. The fourth-order valence-electron chi connectivity index (χ4n) is 1.80. The van der Waals surface area contributed by atoms with E-state index < -0.39 is 0 Å². The van der Waals surface area contributed by atoms with Gasteiger partial charge >= 0.3 is 0 Å². The molecule has 1 atom stereocenters. The average Bonchev–Trinajstić information content (AvgIpc) is 2.17. The molecule has 1 aliphatic heterocycles. The summed E-state index contributed by atoms with van der Waals surface area (Å²) in [5, 5.41) is 1.51. The summed E-state index contributed by atoms with van der Waals surface area (Å²) in [6, 6.07) is 3.77. The van der Waals surface area contributed by atoms with Crippen molar-refractivity contribution in [1.82, 2.24) is 9.88 Å². The topological polar surface area (TPSA) is 16.1 Å². The lowest BCUT2D eigenvalue weighted by Gasteiger charge is -2.30. The molecular weight excluding hydrogens is 228 g/mol. The predicted octanol–water partition coefficient (Wildman–Crippen LogP) is 2.67. The van der Waals surface area contributed by atoms with Crippen LogP contribution in [0.3, 0.4) is 0 Å². The summed E-state index contributed by atoms with van der Waals surface area (Å²) in [5.74, 6) is 1.22. The lowest BCUT2D eigenvalue weighted by molar-refractivity contribution is 0.275. The molecule has 1 saturated heterocycles. The normalized spacial score (nSPS) is 22.9. The molecule has 0 amide bonds. The van der Waals surface area contributed by atoms with Crippen LogP contribution >= 0.6 is 23.4 Å². The minimum atomic E-state index is 0.734. The molecule has 0 bridgehead atoms. The molecule has 2 heterocycles. The van der Waals surface area contributed by atoms with Gasteiger partial charge in [-0.2, -0.15) is 11.8 Å². The minimum absolute atomic E-state index is 0.734. The Hall–Kier alpha value is -0.250. The number of pyridine rings is 1. The van der Waals surface area contributed by atoms with Gasteiger partial charge < -0.3 is 0 Å². The average molecular weight is 243 g/mol. The van der Waals surface area contributed by atoms with Crippen molar-refractivity contribution >= 4 is 23.4 Å². The van der Waals surface area contributed by atoms with Gasteiger partial charge in [0, 0.05) is 41.9 Å². The Kier molecular flexibility index (Phi) is 3.89. The molecule has 0 aliphatic carbocycles. The molecule has 1 aromatic heterocycles. The highest BCUT2D eigenvalue weighted by Gasteiger charge is 2.16. The molecule has 0 saturated carbocycles. The fourth-order valence-corrected chi connectivity index (χ4v) is 3.06. The van der Waals surface area contributed by atoms with E-state index in [1.807, 2.05) is 23.9 Å². The Bertz CT molecular complexity index is 332. The van der Waals surface area contributed by atoms with Crippen molar-refractivity contribution < 1.29 is 0 Å². The second-order valence-corrected chi connectivity index (χ2v) is 5.86. The van der Waals surface area contributed by atoms with Crippen LogP contribution in [0.2, 0.25) is 5.02 Å². The third kappa shape index (κ3) is 3.37. The van der Waals surface area contributed by atoms with Crippen molar-refractivity contribution in [3.63, 3.8) is 0 Å². The number of rotatable bonds is 2. The molecule has 2 rings (SSSR count). The zero-order chi connectivity index (χ0) is 10.7. The van der Waals surface area contributed by atoms with Crippen LogP contribution in [0.25, 0.3) is 0 Å². The van der Waals surface area contributed by atoms with E-state index >= 15 is 0 Å². The highest BCUT2D eigenvalue weighted by atomic mass is 35.5. The van der Waals surface area contributed by atoms with Gasteiger partial charge in [0.05, 0.1) is 5.69 Å². The first kappa shape index (κ1) is 11.2. The van der Waals surface area contributed by atoms with Gasteiger partial charge in [0.2, 0.25) is 0 Å². The summed E-state index contributed by atoms with van der Waals surface area (Å²) >= 11 is 7.98. The van der Waals surface area contributed by atoms with Gasteiger partial charge in [-0.1, -0.05) is 18.5 Å². The van der Waals surface area contributed by atoms with E-state index in [-0.39, 0.29) is 0 Å². The first-order valence-corrected chi connectivity index (χ1v) is 6.61. The smallest absolute Gasteiger partial charge is 0.0558 e. The van der Waals surface area contributed by atoms with Crippen LogP contribution in [-0.4, -0.2) is 34.0 Å². The molecule has 15 heavy (non-hydrogen) atoms. The van der Waals surface area contributed by atoms with Gasteiger partial charge in [0.1, 0.15) is 0 Å². The Morgan fingerprint density at radius 3 is 3.27 bits per heavy atom. The third-order valence-corrected chi connectivity index (χ3v) is 3.86. The lowest BCUT2D eigenvalue weighted by atomic mass is 10.3. The minimum Gasteiger partial charge on any atom is -0.296 e. The number of nitrogens with zero attached hydrogens (tertiary/aromatic N) is 2. The van der Waals surface area contributed by atoms with E-state index in [1.165, 1.54) is 5.75 Å². The molecule has 1 fully saturated rings. The molecule has 0 aromatic carbocycles. The lowest BCUT2D eigenvalue weighted by Crippen LogP contribution is -2.36. The van der Waals surface area contributed by atoms with Crippen LogP contribution in [0, 0.1) is 0 Å². The monoisotopic (exact) mass is 242 g/mol. The van der Waals surface area contributed by atoms with Crippen molar-refractivity contribution in [3.8, 4) is 0 Å². The molecule has 0 N–H and O–H groups in total. The van der Waals surface area contributed by atoms with Gasteiger partial charge in [0.15, 0.2) is 0 Å². The first-order chi connectivity index (χ1) is 7.24. The van der Waals surface area contributed by atoms with Gasteiger partial charge in [-0.3, -0.25) is 9.88 Å². The number of halogens is 1. The van der Waals surface area contributed by atoms with Crippen LogP contribution in [0.5, 0.6) is 0 Å². The third-order valence-electron chi connectivity index (χ3n) is 2.49. The van der Waals surface area contributed by atoms with Gasteiger partial charge in [-0.15, -0.1) is 0 Å². The SMILES string of the molecule is CC1CN(Cc2cc(Cl)ccn2)CCS1. The number of hydrogen-bond acceptors (Lipinski definition) is 3. The van der Waals surface area contributed by atoms with Crippen LogP contribution in [0.4, 0.5) is 0 Å². The van der Waals surface area contributed by atoms with Crippen LogP contribution in [0.15, 0.2) is 18.3 Å². The summed E-state index contributed by atoms with van der Waals surface area (Å²) in [6.45, 7) is 5.51. The molecule has 0 spiro atoms. The van der Waals surface area contributed by atoms with Crippen molar-refractivity contribution in [1.29, 1.82) is 0 Å². The van der Waals surface area contributed by atoms with Gasteiger partial charge in [-0.05, 0) is 12.1 Å². The van der Waals surface area contributed by atoms with E-state index in [4.69, 9.17) is 11.6 Å². The molecule has 4 heteroatoms. The summed E-state index contributed by atoms with van der Waals surface area (Å²) < 4.78 is 0. The fraction of sp³-hybridized carbons (Fsp3) is 0.545. The van der Waals surface area contributed by atoms with E-state index in [9.17, 15) is 0 Å². The number of aromatic nitrogens is 1. The molecule has 82 valence electrons. The molecule has 0 radical (unpaired) electrons. The first-order valence-electron chi connectivity index (χ1n) is 5.18. The summed E-state index contributed by atoms with van der Waals surface area (Å²) in [4.78, 5) is 6.77. The van der Waals surface area contributed by atoms with Crippen LogP contribution in [0.1, 0.15) is 12.6 Å². The summed E-state index contributed by atoms with van der Waals surface area (Å²) in [5.41, 5.74) is 1.07. The van der Waals surface area contributed by atoms with Crippen molar-refractivity contribution in [2.75, 3.05) is 18.8 Å². The largest absolute Gasteiger partial charge is 0.296 e. The predicted molar refractivity (Wildman–Crippen MR) is 66.4 cm³/mol. The Labute approximate surface area is 100 Å². The van der Waals surface area contributed by atoms with Crippen LogP contribution in [-0.2, 0) is 6.54 Å². The molecule has 1 aliphatic rings. The quantitative estimate of drug-likeness (QED) is 0.793. The van der Waals surface area contributed by atoms with E-state index in [0.717, 1.165) is 35.6 Å². The molecule has 2 nitrogen and oxygen atoms in total. The standard InChI is InChI=1S/C11H15ClN2S/c1-9-7-14(4-5-15-9)8-11-6-10(12)2-3-13-11/h2-3,6,9H,4-5,7-8H2,1H3. The number of thioether (sulfide) groups is 1. The maximum absolute atomic E-state index is 5.93. The second-order valence-electron chi connectivity index (χ2n) is 3.88. The van der Waals surface area contributed by atoms with E-state index in [2.05, 4.69) is 16.8 Å². The molecule has 1 aromatic rings. The van der Waals surface area contributed by atoms with Gasteiger partial charge in [-0.25, -0.2) is 0 Å². The highest BCUT2D eigenvalue weighted by molar-refractivity contribution is 7.99. The summed E-state index contributed by atoms with van der Waals surface area (Å²) in [7, 11) is 0. The van der Waals surface area contributed by atoms with Crippen molar-refractivity contribution in [2.45, 2.75) is 18.7 Å². The van der Waals surface area contributed by atoms with Crippen molar-refractivity contribution in [3.05, 3.63) is 29.0 Å². The Morgan fingerprint density at radius 2 is 2.53 bits per heavy atom. The maximum Gasteiger partial charge on any atom is 0.0558 e.